The monoisotopic (exact) mass is 404 g/mol. The number of H-pyrrole nitrogens is 1. The fraction of sp³-hybridized carbons (Fsp3) is 0.389. The fourth-order valence-electron chi connectivity index (χ4n) is 3.09. The number of aliphatic hydroxyl groups is 1. The van der Waals surface area contributed by atoms with Gasteiger partial charge in [-0.3, -0.25) is 29.3 Å². The molecule has 11 heteroatoms. The van der Waals surface area contributed by atoms with Crippen LogP contribution in [-0.2, 0) is 11.2 Å². The molecule has 1 aromatic heterocycles. The van der Waals surface area contributed by atoms with E-state index in [0.717, 1.165) is 0 Å². The number of amides is 1. The van der Waals surface area contributed by atoms with Gasteiger partial charge in [0.1, 0.15) is 12.3 Å². The molecule has 2 heterocycles. The van der Waals surface area contributed by atoms with E-state index in [9.17, 15) is 29.6 Å². The number of benzene rings is 1. The number of ether oxygens (including phenoxy) is 1. The number of non-ortho nitro benzene ring substituents is 1. The first-order valence-electron chi connectivity index (χ1n) is 9.00. The first-order valence-corrected chi connectivity index (χ1v) is 9.00. The highest BCUT2D eigenvalue weighted by molar-refractivity contribution is 5.94. The number of carbonyl (C=O) groups is 1. The van der Waals surface area contributed by atoms with Gasteiger partial charge in [0.2, 0.25) is 0 Å². The lowest BCUT2D eigenvalue weighted by Crippen LogP contribution is -2.37. The molecule has 3 rings (SSSR count). The predicted octanol–water partition coefficient (Wildman–Crippen LogP) is 0.0856. The largest absolute Gasteiger partial charge is 0.390 e. The van der Waals surface area contributed by atoms with E-state index in [4.69, 9.17) is 4.74 Å². The minimum Gasteiger partial charge on any atom is -0.390 e. The number of aromatic nitrogens is 2. The van der Waals surface area contributed by atoms with Crippen LogP contribution in [0.1, 0.15) is 35.5 Å². The Morgan fingerprint density at radius 2 is 2.07 bits per heavy atom. The number of nitro groups is 1. The van der Waals surface area contributed by atoms with Crippen LogP contribution in [0.3, 0.4) is 0 Å². The Balaban J connectivity index is 1.64. The topological polar surface area (TPSA) is 157 Å². The molecule has 0 radical (unpaired) electrons. The van der Waals surface area contributed by atoms with Gasteiger partial charge in [-0.1, -0.05) is 6.92 Å². The highest BCUT2D eigenvalue weighted by Gasteiger charge is 2.35. The molecular formula is C18H20N4O7. The van der Waals surface area contributed by atoms with Crippen molar-refractivity contribution >= 4 is 11.6 Å². The van der Waals surface area contributed by atoms with Gasteiger partial charge in [-0.25, -0.2) is 4.79 Å². The molecule has 1 aliphatic rings. The number of aliphatic hydroxyl groups excluding tert-OH is 1. The second kappa shape index (κ2) is 8.37. The van der Waals surface area contributed by atoms with Gasteiger partial charge in [-0.05, 0) is 18.6 Å². The molecule has 1 saturated heterocycles. The molecule has 3 atom stereocenters. The number of nitrogens with one attached hydrogen (secondary N) is 2. The molecule has 1 aromatic carbocycles. The summed E-state index contributed by atoms with van der Waals surface area (Å²) < 4.78 is 6.93. The van der Waals surface area contributed by atoms with Gasteiger partial charge in [-0.15, -0.1) is 0 Å². The average Bonchev–Trinajstić information content (AvgIpc) is 3.06. The summed E-state index contributed by atoms with van der Waals surface area (Å²) in [6.45, 7) is 1.76. The van der Waals surface area contributed by atoms with Crippen LogP contribution in [0.2, 0.25) is 0 Å². The maximum Gasteiger partial charge on any atom is 0.330 e. The fourth-order valence-corrected chi connectivity index (χ4v) is 3.09. The van der Waals surface area contributed by atoms with Crippen LogP contribution in [0.5, 0.6) is 0 Å². The second-order valence-corrected chi connectivity index (χ2v) is 6.62. The van der Waals surface area contributed by atoms with Gasteiger partial charge < -0.3 is 15.2 Å². The summed E-state index contributed by atoms with van der Waals surface area (Å²) in [6, 6.07) is 5.10. The van der Waals surface area contributed by atoms with Crippen molar-refractivity contribution < 1.29 is 19.6 Å². The molecule has 3 N–H and O–H groups in total. The zero-order valence-corrected chi connectivity index (χ0v) is 15.5. The molecule has 11 nitrogen and oxygen atoms in total. The molecule has 0 aliphatic carbocycles. The number of aromatic amines is 1. The third-order valence-corrected chi connectivity index (χ3v) is 4.74. The number of hydrogen-bond acceptors (Lipinski definition) is 7. The molecule has 29 heavy (non-hydrogen) atoms. The van der Waals surface area contributed by atoms with Crippen molar-refractivity contribution in [3.63, 3.8) is 0 Å². The number of rotatable bonds is 6. The average molecular weight is 404 g/mol. The van der Waals surface area contributed by atoms with Crippen molar-refractivity contribution in [1.82, 2.24) is 14.9 Å². The quantitative estimate of drug-likeness (QED) is 0.455. The van der Waals surface area contributed by atoms with E-state index in [-0.39, 0.29) is 24.2 Å². The predicted molar refractivity (Wildman–Crippen MR) is 101 cm³/mol. The van der Waals surface area contributed by atoms with E-state index < -0.39 is 40.5 Å². The summed E-state index contributed by atoms with van der Waals surface area (Å²) in [5.74, 6) is -0.478. The first kappa shape index (κ1) is 20.4. The van der Waals surface area contributed by atoms with Gasteiger partial charge in [0.15, 0.2) is 0 Å². The number of aryl methyl sites for hydroxylation is 1. The highest BCUT2D eigenvalue weighted by Crippen LogP contribution is 2.27. The van der Waals surface area contributed by atoms with Crippen molar-refractivity contribution in [2.24, 2.45) is 0 Å². The zero-order valence-electron chi connectivity index (χ0n) is 15.5. The molecule has 2 aromatic rings. The van der Waals surface area contributed by atoms with E-state index in [1.54, 1.807) is 6.92 Å². The molecule has 1 amide bonds. The van der Waals surface area contributed by atoms with Crippen molar-refractivity contribution in [3.8, 4) is 0 Å². The normalized spacial score (nSPS) is 21.1. The maximum atomic E-state index is 12.2. The van der Waals surface area contributed by atoms with Crippen molar-refractivity contribution in [1.29, 1.82) is 0 Å². The van der Waals surface area contributed by atoms with E-state index in [2.05, 4.69) is 10.3 Å². The molecule has 1 fully saturated rings. The van der Waals surface area contributed by atoms with Gasteiger partial charge in [0.25, 0.3) is 17.2 Å². The minimum atomic E-state index is -0.930. The van der Waals surface area contributed by atoms with Gasteiger partial charge in [0, 0.05) is 42.4 Å². The Morgan fingerprint density at radius 1 is 1.38 bits per heavy atom. The standard InChI is InChI=1S/C18H20N4O7/c1-2-10-9-21(18(26)20-17(10)25)15-7-13(23)14(29-15)8-19-16(24)11-3-5-12(6-4-11)22(27)28/h3-6,9,13-15,23H,2,7-8H2,1H3,(H,19,24)(H,20,25,26)/t13?,14-,15-/m0/s1. The van der Waals surface area contributed by atoms with Crippen LogP contribution < -0.4 is 16.6 Å². The maximum absolute atomic E-state index is 12.2. The SMILES string of the molecule is CCc1cn([C@@H]2CC(O)[C@H](CNC(=O)c3ccc([N+](=O)[O-])cc3)O2)c(=O)[nH]c1=O. The molecule has 1 unspecified atom stereocenters. The summed E-state index contributed by atoms with van der Waals surface area (Å²) >= 11 is 0. The van der Waals surface area contributed by atoms with Gasteiger partial charge in [-0.2, -0.15) is 0 Å². The van der Waals surface area contributed by atoms with Crippen LogP contribution in [0.15, 0.2) is 40.1 Å². The Hall–Kier alpha value is -3.31. The summed E-state index contributed by atoms with van der Waals surface area (Å²) in [7, 11) is 0. The molecule has 0 bridgehead atoms. The Kier molecular flexibility index (Phi) is 5.89. The Bertz CT molecular complexity index is 1030. The number of carbonyl (C=O) groups excluding carboxylic acids is 1. The van der Waals surface area contributed by atoms with Gasteiger partial charge >= 0.3 is 5.69 Å². The number of hydrogen-bond donors (Lipinski definition) is 3. The zero-order chi connectivity index (χ0) is 21.1. The second-order valence-electron chi connectivity index (χ2n) is 6.62. The lowest BCUT2D eigenvalue weighted by atomic mass is 10.1. The number of nitro benzene ring substituents is 1. The lowest BCUT2D eigenvalue weighted by molar-refractivity contribution is -0.384. The van der Waals surface area contributed by atoms with E-state index in [1.165, 1.54) is 35.0 Å². The third kappa shape index (κ3) is 4.41. The molecule has 154 valence electrons. The smallest absolute Gasteiger partial charge is 0.330 e. The van der Waals surface area contributed by atoms with E-state index in [0.29, 0.717) is 12.0 Å². The lowest BCUT2D eigenvalue weighted by Gasteiger charge is -2.17. The Labute approximate surface area is 164 Å². The van der Waals surface area contributed by atoms with Crippen LogP contribution in [0.4, 0.5) is 5.69 Å². The summed E-state index contributed by atoms with van der Waals surface area (Å²) in [5, 5.41) is 23.5. The Morgan fingerprint density at radius 3 is 2.69 bits per heavy atom. The summed E-state index contributed by atoms with van der Waals surface area (Å²) in [5.41, 5.74) is -0.586. The molecule has 1 aliphatic heterocycles. The molecular weight excluding hydrogens is 384 g/mol. The molecule has 0 spiro atoms. The van der Waals surface area contributed by atoms with E-state index >= 15 is 0 Å². The van der Waals surface area contributed by atoms with Crippen LogP contribution in [0.25, 0.3) is 0 Å². The van der Waals surface area contributed by atoms with Crippen LogP contribution in [-0.4, -0.2) is 44.2 Å². The third-order valence-electron chi connectivity index (χ3n) is 4.74. The van der Waals surface area contributed by atoms with E-state index in [1.807, 2.05) is 0 Å². The molecule has 0 saturated carbocycles. The van der Waals surface area contributed by atoms with Crippen LogP contribution >= 0.6 is 0 Å². The number of nitrogens with zero attached hydrogens (tertiary/aromatic N) is 2. The minimum absolute atomic E-state index is 0.0216. The first-order chi connectivity index (χ1) is 13.8. The van der Waals surface area contributed by atoms with Crippen molar-refractivity contribution in [3.05, 3.63) is 72.5 Å². The van der Waals surface area contributed by atoms with Crippen molar-refractivity contribution in [2.45, 2.75) is 38.2 Å². The van der Waals surface area contributed by atoms with Crippen molar-refractivity contribution in [2.75, 3.05) is 6.54 Å². The summed E-state index contributed by atoms with van der Waals surface area (Å²) in [4.78, 5) is 48.3. The van der Waals surface area contributed by atoms with Crippen LogP contribution in [0, 0.1) is 10.1 Å². The van der Waals surface area contributed by atoms with Gasteiger partial charge in [0.05, 0.1) is 11.0 Å². The summed E-state index contributed by atoms with van der Waals surface area (Å²) in [6.07, 6.45) is -0.503. The highest BCUT2D eigenvalue weighted by atomic mass is 16.6.